The Morgan fingerprint density at radius 1 is 0.327 bits per heavy atom. The van der Waals surface area contributed by atoms with Crippen molar-refractivity contribution in [1.82, 2.24) is 9.97 Å². The molecular weight excluding hydrogens is 597 g/mol. The molecule has 0 radical (unpaired) electrons. The van der Waals surface area contributed by atoms with Crippen molar-refractivity contribution in [2.45, 2.75) is 0 Å². The summed E-state index contributed by atoms with van der Waals surface area (Å²) in [6.45, 7) is 0. The van der Waals surface area contributed by atoms with Crippen molar-refractivity contribution in [3.63, 3.8) is 0 Å². The standard InChI is InChI=1S/C46H30N2O/c1-4-14-31(15-5-1)34-20-12-21-35(26-34)37-27-36(32-16-6-2-7-17-32)28-38(29-37)46-47-42(33-18-8-3-9-19-33)30-43(48-46)41-24-13-23-40-39-22-10-11-25-44(39)49-45(40)41/h1-30H. The molecule has 230 valence electrons. The summed E-state index contributed by atoms with van der Waals surface area (Å²) in [6, 6.07) is 63.3. The minimum Gasteiger partial charge on any atom is -0.455 e. The molecule has 0 unspecified atom stereocenters. The summed E-state index contributed by atoms with van der Waals surface area (Å²) >= 11 is 0. The summed E-state index contributed by atoms with van der Waals surface area (Å²) in [5, 5.41) is 2.16. The summed E-state index contributed by atoms with van der Waals surface area (Å²) in [5.41, 5.74) is 13.1. The summed E-state index contributed by atoms with van der Waals surface area (Å²) < 4.78 is 6.47. The Balaban J connectivity index is 1.27. The lowest BCUT2D eigenvalue weighted by Crippen LogP contribution is -1.97. The molecule has 0 aliphatic carbocycles. The molecule has 0 amide bonds. The van der Waals surface area contributed by atoms with Gasteiger partial charge in [-0.1, -0.05) is 140 Å². The number of fused-ring (bicyclic) bond motifs is 3. The van der Waals surface area contributed by atoms with E-state index < -0.39 is 0 Å². The van der Waals surface area contributed by atoms with E-state index in [1.165, 1.54) is 11.1 Å². The molecule has 0 spiro atoms. The number of furan rings is 1. The Hall–Kier alpha value is -6.58. The number of nitrogens with zero attached hydrogens (tertiary/aromatic N) is 2. The number of hydrogen-bond donors (Lipinski definition) is 0. The molecule has 0 aliphatic rings. The van der Waals surface area contributed by atoms with Crippen molar-refractivity contribution in [2.75, 3.05) is 0 Å². The maximum atomic E-state index is 6.47. The predicted octanol–water partition coefficient (Wildman–Crippen LogP) is 12.4. The fraction of sp³-hybridized carbons (Fsp3) is 0. The molecule has 0 bridgehead atoms. The molecule has 2 aromatic heterocycles. The van der Waals surface area contributed by atoms with Crippen LogP contribution in [0.5, 0.6) is 0 Å². The highest BCUT2D eigenvalue weighted by Gasteiger charge is 2.17. The second-order valence-electron chi connectivity index (χ2n) is 12.2. The van der Waals surface area contributed by atoms with Gasteiger partial charge in [0.15, 0.2) is 5.82 Å². The minimum absolute atomic E-state index is 0.655. The van der Waals surface area contributed by atoms with E-state index in [1.807, 2.05) is 36.4 Å². The normalized spacial score (nSPS) is 11.3. The van der Waals surface area contributed by atoms with Crippen LogP contribution >= 0.6 is 0 Å². The summed E-state index contributed by atoms with van der Waals surface area (Å²) in [5.74, 6) is 0.655. The molecule has 0 atom stereocenters. The van der Waals surface area contributed by atoms with Crippen molar-refractivity contribution in [3.05, 3.63) is 182 Å². The lowest BCUT2D eigenvalue weighted by atomic mass is 9.94. The Morgan fingerprint density at radius 2 is 0.816 bits per heavy atom. The van der Waals surface area contributed by atoms with Gasteiger partial charge in [0.25, 0.3) is 0 Å². The minimum atomic E-state index is 0.655. The molecule has 49 heavy (non-hydrogen) atoms. The van der Waals surface area contributed by atoms with E-state index in [9.17, 15) is 0 Å². The molecular formula is C46H30N2O. The number of rotatable bonds is 6. The van der Waals surface area contributed by atoms with E-state index >= 15 is 0 Å². The largest absolute Gasteiger partial charge is 0.455 e. The van der Waals surface area contributed by atoms with Crippen LogP contribution in [0.3, 0.4) is 0 Å². The summed E-state index contributed by atoms with van der Waals surface area (Å²) in [6.07, 6.45) is 0. The van der Waals surface area contributed by atoms with Gasteiger partial charge in [-0.25, -0.2) is 9.97 Å². The average molecular weight is 627 g/mol. The Kier molecular flexibility index (Phi) is 7.14. The molecule has 9 rings (SSSR count). The number of aromatic nitrogens is 2. The molecule has 0 fully saturated rings. The van der Waals surface area contributed by atoms with Gasteiger partial charge in [0.05, 0.1) is 11.4 Å². The Morgan fingerprint density at radius 3 is 1.55 bits per heavy atom. The first kappa shape index (κ1) is 28.6. The average Bonchev–Trinajstić information content (AvgIpc) is 3.58. The van der Waals surface area contributed by atoms with Gasteiger partial charge in [-0.3, -0.25) is 0 Å². The highest BCUT2D eigenvalue weighted by atomic mass is 16.3. The van der Waals surface area contributed by atoms with Gasteiger partial charge in [0.2, 0.25) is 0 Å². The first-order valence-corrected chi connectivity index (χ1v) is 16.5. The third-order valence-corrected chi connectivity index (χ3v) is 9.08. The summed E-state index contributed by atoms with van der Waals surface area (Å²) in [7, 11) is 0. The van der Waals surface area contributed by atoms with Crippen LogP contribution in [-0.2, 0) is 0 Å². The second kappa shape index (κ2) is 12.2. The van der Waals surface area contributed by atoms with Crippen molar-refractivity contribution >= 4 is 21.9 Å². The lowest BCUT2D eigenvalue weighted by molar-refractivity contribution is 0.670. The second-order valence-corrected chi connectivity index (χ2v) is 12.2. The maximum Gasteiger partial charge on any atom is 0.160 e. The summed E-state index contributed by atoms with van der Waals surface area (Å²) in [4.78, 5) is 10.5. The predicted molar refractivity (Wildman–Crippen MR) is 202 cm³/mol. The van der Waals surface area contributed by atoms with E-state index in [0.717, 1.165) is 72.3 Å². The van der Waals surface area contributed by atoms with Crippen LogP contribution < -0.4 is 0 Å². The number of benzene rings is 7. The van der Waals surface area contributed by atoms with Crippen molar-refractivity contribution in [1.29, 1.82) is 0 Å². The molecule has 0 saturated heterocycles. The van der Waals surface area contributed by atoms with E-state index in [-0.39, 0.29) is 0 Å². The fourth-order valence-electron chi connectivity index (χ4n) is 6.65. The highest BCUT2D eigenvalue weighted by molar-refractivity contribution is 6.09. The third-order valence-electron chi connectivity index (χ3n) is 9.08. The van der Waals surface area contributed by atoms with Gasteiger partial charge >= 0.3 is 0 Å². The molecule has 3 heteroatoms. The van der Waals surface area contributed by atoms with Crippen LogP contribution in [0.1, 0.15) is 0 Å². The first-order chi connectivity index (χ1) is 24.3. The maximum absolute atomic E-state index is 6.47. The quantitative estimate of drug-likeness (QED) is 0.184. The molecule has 7 aromatic carbocycles. The molecule has 9 aromatic rings. The van der Waals surface area contributed by atoms with E-state index in [0.29, 0.717) is 5.82 Å². The van der Waals surface area contributed by atoms with Crippen molar-refractivity contribution in [2.24, 2.45) is 0 Å². The lowest BCUT2D eigenvalue weighted by Gasteiger charge is -2.14. The van der Waals surface area contributed by atoms with Gasteiger partial charge in [-0.15, -0.1) is 0 Å². The third kappa shape index (κ3) is 5.48. The van der Waals surface area contributed by atoms with Gasteiger partial charge in [0, 0.05) is 27.5 Å². The highest BCUT2D eigenvalue weighted by Crippen LogP contribution is 2.38. The smallest absolute Gasteiger partial charge is 0.160 e. The molecule has 0 saturated carbocycles. The number of para-hydroxylation sites is 2. The molecule has 0 N–H and O–H groups in total. The number of hydrogen-bond acceptors (Lipinski definition) is 3. The van der Waals surface area contributed by atoms with Crippen LogP contribution in [0.2, 0.25) is 0 Å². The van der Waals surface area contributed by atoms with Gasteiger partial charge in [-0.2, -0.15) is 0 Å². The van der Waals surface area contributed by atoms with Crippen LogP contribution in [0.25, 0.3) is 89.2 Å². The zero-order valence-electron chi connectivity index (χ0n) is 26.6. The first-order valence-electron chi connectivity index (χ1n) is 16.5. The van der Waals surface area contributed by atoms with Crippen LogP contribution in [0.15, 0.2) is 186 Å². The molecule has 0 aliphatic heterocycles. The topological polar surface area (TPSA) is 38.9 Å². The Bertz CT molecular complexity index is 2590. The SMILES string of the molecule is c1ccc(-c2cccc(-c3cc(-c4ccccc4)cc(-c4nc(-c5ccccc5)cc(-c5cccc6c5oc5ccccc56)n4)c3)c2)cc1. The van der Waals surface area contributed by atoms with Crippen LogP contribution in [-0.4, -0.2) is 9.97 Å². The van der Waals surface area contributed by atoms with Gasteiger partial charge in [-0.05, 0) is 75.8 Å². The zero-order chi connectivity index (χ0) is 32.6. The van der Waals surface area contributed by atoms with Crippen molar-refractivity contribution in [3.8, 4) is 67.3 Å². The van der Waals surface area contributed by atoms with Gasteiger partial charge in [0.1, 0.15) is 11.2 Å². The van der Waals surface area contributed by atoms with Crippen molar-refractivity contribution < 1.29 is 4.42 Å². The van der Waals surface area contributed by atoms with E-state index in [1.54, 1.807) is 0 Å². The van der Waals surface area contributed by atoms with Crippen LogP contribution in [0.4, 0.5) is 0 Å². The molecule has 3 nitrogen and oxygen atoms in total. The molecule has 2 heterocycles. The Labute approximate surface area is 284 Å². The fourth-order valence-corrected chi connectivity index (χ4v) is 6.65. The van der Waals surface area contributed by atoms with Crippen LogP contribution in [0, 0.1) is 0 Å². The van der Waals surface area contributed by atoms with E-state index in [2.05, 4.69) is 146 Å². The monoisotopic (exact) mass is 626 g/mol. The van der Waals surface area contributed by atoms with Gasteiger partial charge < -0.3 is 4.42 Å². The van der Waals surface area contributed by atoms with E-state index in [4.69, 9.17) is 14.4 Å². The zero-order valence-corrected chi connectivity index (χ0v) is 26.6.